The van der Waals surface area contributed by atoms with Crippen molar-refractivity contribution in [3.8, 4) is 0 Å². The molecule has 88 valence electrons. The minimum absolute atomic E-state index is 0.643. The van der Waals surface area contributed by atoms with Gasteiger partial charge in [0.15, 0.2) is 0 Å². The number of nitrogens with one attached hydrogen (secondary N) is 1. The van der Waals surface area contributed by atoms with Crippen LogP contribution in [0.4, 0.5) is 0 Å². The molecule has 1 saturated heterocycles. The molecule has 0 bridgehead atoms. The maximum Gasteiger partial charge on any atom is 0.0950 e. The van der Waals surface area contributed by atoms with Crippen LogP contribution in [-0.2, 0) is 0 Å². The van der Waals surface area contributed by atoms with Crippen molar-refractivity contribution in [2.24, 2.45) is 0 Å². The highest BCUT2D eigenvalue weighted by Gasteiger charge is 2.35. The Morgan fingerprint density at radius 1 is 1.50 bits per heavy atom. The zero-order valence-corrected chi connectivity index (χ0v) is 10.2. The van der Waals surface area contributed by atoms with E-state index < -0.39 is 0 Å². The number of hydrogen-bond acceptors (Lipinski definition) is 2. The van der Waals surface area contributed by atoms with Crippen LogP contribution in [-0.4, -0.2) is 21.6 Å². The highest BCUT2D eigenvalue weighted by molar-refractivity contribution is 5.16. The monoisotopic (exact) mass is 219 g/mol. The second-order valence-corrected chi connectivity index (χ2v) is 5.38. The lowest BCUT2D eigenvalue weighted by atomic mass is 9.94. The van der Waals surface area contributed by atoms with Gasteiger partial charge in [-0.25, -0.2) is 4.98 Å². The molecule has 16 heavy (non-hydrogen) atoms. The number of aromatic nitrogens is 2. The van der Waals surface area contributed by atoms with E-state index in [1.165, 1.54) is 31.4 Å². The number of rotatable bonds is 3. The fraction of sp³-hybridized carbons (Fsp3) is 0.769. The molecule has 1 N–H and O–H groups in total. The van der Waals surface area contributed by atoms with Gasteiger partial charge in [-0.2, -0.15) is 0 Å². The fourth-order valence-corrected chi connectivity index (χ4v) is 3.08. The average Bonchev–Trinajstić information content (AvgIpc) is 2.89. The summed E-state index contributed by atoms with van der Waals surface area (Å²) in [6.07, 6.45) is 9.28. The molecule has 3 rings (SSSR count). The second-order valence-electron chi connectivity index (χ2n) is 5.38. The van der Waals surface area contributed by atoms with E-state index in [2.05, 4.69) is 34.9 Å². The molecule has 1 saturated carbocycles. The first-order valence-corrected chi connectivity index (χ1v) is 6.57. The molecule has 1 aromatic rings. The topological polar surface area (TPSA) is 29.9 Å². The van der Waals surface area contributed by atoms with Crippen LogP contribution in [0.25, 0.3) is 0 Å². The van der Waals surface area contributed by atoms with E-state index in [4.69, 9.17) is 0 Å². The summed E-state index contributed by atoms with van der Waals surface area (Å²) in [4.78, 5) is 4.36. The van der Waals surface area contributed by atoms with Crippen molar-refractivity contribution in [1.82, 2.24) is 14.9 Å². The summed E-state index contributed by atoms with van der Waals surface area (Å²) >= 11 is 0. The van der Waals surface area contributed by atoms with Crippen molar-refractivity contribution >= 4 is 0 Å². The summed E-state index contributed by atoms with van der Waals surface area (Å²) < 4.78 is 2.42. The number of hydrogen-bond donors (Lipinski definition) is 1. The highest BCUT2D eigenvalue weighted by Crippen LogP contribution is 2.40. The van der Waals surface area contributed by atoms with Crippen LogP contribution in [0, 0.1) is 0 Å². The molecule has 2 fully saturated rings. The molecule has 3 unspecified atom stereocenters. The zero-order chi connectivity index (χ0) is 11.1. The molecule has 0 radical (unpaired) electrons. The third kappa shape index (κ3) is 1.67. The van der Waals surface area contributed by atoms with Gasteiger partial charge in [-0.3, -0.25) is 0 Å². The molecule has 1 aliphatic heterocycles. The molecule has 3 nitrogen and oxygen atoms in total. The predicted molar refractivity (Wildman–Crippen MR) is 64.5 cm³/mol. The van der Waals surface area contributed by atoms with Gasteiger partial charge in [0.05, 0.1) is 6.33 Å². The molecular formula is C13H21N3. The van der Waals surface area contributed by atoms with Crippen molar-refractivity contribution < 1.29 is 0 Å². The molecular weight excluding hydrogens is 198 g/mol. The molecule has 0 amide bonds. The van der Waals surface area contributed by atoms with Crippen molar-refractivity contribution in [2.45, 2.75) is 63.6 Å². The van der Waals surface area contributed by atoms with E-state index in [9.17, 15) is 0 Å². The van der Waals surface area contributed by atoms with Gasteiger partial charge in [0.2, 0.25) is 0 Å². The summed E-state index contributed by atoms with van der Waals surface area (Å²) in [5, 5.41) is 3.69. The van der Waals surface area contributed by atoms with Gasteiger partial charge in [-0.05, 0) is 32.6 Å². The molecule has 0 spiro atoms. The Morgan fingerprint density at radius 2 is 2.31 bits per heavy atom. The first-order valence-electron chi connectivity index (χ1n) is 6.57. The smallest absolute Gasteiger partial charge is 0.0950 e. The van der Waals surface area contributed by atoms with Crippen LogP contribution in [0.3, 0.4) is 0 Å². The van der Waals surface area contributed by atoms with Gasteiger partial charge in [0, 0.05) is 35.9 Å². The van der Waals surface area contributed by atoms with E-state index >= 15 is 0 Å². The Labute approximate surface area is 97.3 Å². The predicted octanol–water partition coefficient (Wildman–Crippen LogP) is 2.46. The van der Waals surface area contributed by atoms with Crippen molar-refractivity contribution in [1.29, 1.82) is 0 Å². The Morgan fingerprint density at radius 3 is 3.00 bits per heavy atom. The van der Waals surface area contributed by atoms with Gasteiger partial charge in [0.25, 0.3) is 0 Å². The van der Waals surface area contributed by atoms with E-state index in [1.54, 1.807) is 0 Å². The Bertz CT molecular complexity index is 367. The van der Waals surface area contributed by atoms with E-state index in [0.29, 0.717) is 18.0 Å². The molecule has 0 aromatic carbocycles. The quantitative estimate of drug-likeness (QED) is 0.846. The van der Waals surface area contributed by atoms with Crippen molar-refractivity contribution in [3.63, 3.8) is 0 Å². The third-order valence-electron chi connectivity index (χ3n) is 4.05. The SMILES string of the molecule is CCC1NC(C)CC1c1cncn1C1CC1. The highest BCUT2D eigenvalue weighted by atomic mass is 15.1. The number of nitrogens with zero attached hydrogens (tertiary/aromatic N) is 2. The lowest BCUT2D eigenvalue weighted by molar-refractivity contribution is 0.496. The fourth-order valence-electron chi connectivity index (χ4n) is 3.08. The van der Waals surface area contributed by atoms with Gasteiger partial charge in [-0.15, -0.1) is 0 Å². The van der Waals surface area contributed by atoms with E-state index in [0.717, 1.165) is 6.04 Å². The Balaban J connectivity index is 1.87. The minimum Gasteiger partial charge on any atom is -0.331 e. The molecule has 2 aliphatic rings. The molecule has 3 atom stereocenters. The van der Waals surface area contributed by atoms with Crippen LogP contribution in [0.15, 0.2) is 12.5 Å². The lowest BCUT2D eigenvalue weighted by Gasteiger charge is -2.19. The Hall–Kier alpha value is -0.830. The summed E-state index contributed by atoms with van der Waals surface area (Å²) in [5.41, 5.74) is 1.46. The van der Waals surface area contributed by atoms with Crippen LogP contribution in [0.2, 0.25) is 0 Å². The van der Waals surface area contributed by atoms with Gasteiger partial charge in [-0.1, -0.05) is 6.92 Å². The largest absolute Gasteiger partial charge is 0.331 e. The maximum atomic E-state index is 4.36. The molecule has 2 heterocycles. The van der Waals surface area contributed by atoms with Crippen LogP contribution < -0.4 is 5.32 Å². The third-order valence-corrected chi connectivity index (χ3v) is 4.05. The maximum absolute atomic E-state index is 4.36. The van der Waals surface area contributed by atoms with Gasteiger partial charge < -0.3 is 9.88 Å². The standard InChI is InChI=1S/C13H21N3/c1-3-12-11(6-9(2)15-12)13-7-14-8-16(13)10-4-5-10/h7-12,15H,3-6H2,1-2H3. The zero-order valence-electron chi connectivity index (χ0n) is 10.2. The minimum atomic E-state index is 0.643. The summed E-state index contributed by atoms with van der Waals surface area (Å²) in [6.45, 7) is 4.57. The molecule has 3 heteroatoms. The Kier molecular flexibility index (Phi) is 2.51. The van der Waals surface area contributed by atoms with Gasteiger partial charge >= 0.3 is 0 Å². The second kappa shape index (κ2) is 3.88. The van der Waals surface area contributed by atoms with Crippen LogP contribution >= 0.6 is 0 Å². The number of imidazole rings is 1. The van der Waals surface area contributed by atoms with Gasteiger partial charge in [0.1, 0.15) is 0 Å². The average molecular weight is 219 g/mol. The van der Waals surface area contributed by atoms with Crippen LogP contribution in [0.1, 0.15) is 57.2 Å². The molecule has 1 aromatic heterocycles. The summed E-state index contributed by atoms with van der Waals surface area (Å²) in [7, 11) is 0. The van der Waals surface area contributed by atoms with Crippen molar-refractivity contribution in [3.05, 3.63) is 18.2 Å². The normalized spacial score (nSPS) is 34.5. The first-order chi connectivity index (χ1) is 7.79. The lowest BCUT2D eigenvalue weighted by Crippen LogP contribution is -2.29. The van der Waals surface area contributed by atoms with Crippen molar-refractivity contribution in [2.75, 3.05) is 0 Å². The molecule has 1 aliphatic carbocycles. The first kappa shape index (κ1) is 10.3. The van der Waals surface area contributed by atoms with E-state index in [1.807, 2.05) is 6.33 Å². The summed E-state index contributed by atoms with van der Waals surface area (Å²) in [6, 6.07) is 2.05. The van der Waals surface area contributed by atoms with Crippen LogP contribution in [0.5, 0.6) is 0 Å². The van der Waals surface area contributed by atoms with E-state index in [-0.39, 0.29) is 0 Å². The summed E-state index contributed by atoms with van der Waals surface area (Å²) in [5.74, 6) is 0.670.